The van der Waals surface area contributed by atoms with Gasteiger partial charge in [0.2, 0.25) is 5.82 Å². The van der Waals surface area contributed by atoms with Gasteiger partial charge in [0.1, 0.15) is 5.56 Å². The van der Waals surface area contributed by atoms with Crippen LogP contribution in [-0.4, -0.2) is 47.9 Å². The van der Waals surface area contributed by atoms with Crippen LogP contribution in [0.4, 0.5) is 22.0 Å². The van der Waals surface area contributed by atoms with Crippen LogP contribution in [-0.2, 0) is 0 Å². The average Bonchev–Trinajstić information content (AvgIpc) is 2.65. The molecule has 3 nitrogen and oxygen atoms in total. The Morgan fingerprint density at radius 1 is 0.720 bits per heavy atom. The molecule has 1 aromatic rings. The molecule has 1 saturated carbocycles. The van der Waals surface area contributed by atoms with Crippen molar-refractivity contribution in [1.29, 1.82) is 0 Å². The monoisotopic (exact) mass is 362 g/mol. The molecule has 1 aliphatic carbocycles. The van der Waals surface area contributed by atoms with E-state index in [1.807, 2.05) is 0 Å². The highest BCUT2D eigenvalue weighted by Crippen LogP contribution is 2.26. The normalized spacial score (nSPS) is 20.1. The molecule has 0 spiro atoms. The standard InChI is InChI=1S/C17H19F5N2O/c18-12-11(13(19)15(21)16(22)14(12)20)17(25)24-8-6-23(7-9-24)10-4-2-1-3-5-10/h10H,1-9H2. The molecule has 138 valence electrons. The summed E-state index contributed by atoms with van der Waals surface area (Å²) in [5.74, 6) is -11.7. The molecule has 1 aliphatic heterocycles. The number of nitrogens with zero attached hydrogens (tertiary/aromatic N) is 2. The van der Waals surface area contributed by atoms with Crippen molar-refractivity contribution >= 4 is 5.91 Å². The van der Waals surface area contributed by atoms with E-state index in [-0.39, 0.29) is 13.1 Å². The first-order chi connectivity index (χ1) is 11.9. The van der Waals surface area contributed by atoms with E-state index in [9.17, 15) is 26.7 Å². The molecule has 2 fully saturated rings. The van der Waals surface area contributed by atoms with Gasteiger partial charge < -0.3 is 4.90 Å². The fourth-order valence-corrected chi connectivity index (χ4v) is 3.69. The number of hydrogen-bond acceptors (Lipinski definition) is 2. The van der Waals surface area contributed by atoms with Crippen LogP contribution in [0.5, 0.6) is 0 Å². The lowest BCUT2D eigenvalue weighted by Crippen LogP contribution is -2.52. The number of rotatable bonds is 2. The van der Waals surface area contributed by atoms with Crippen molar-refractivity contribution < 1.29 is 26.7 Å². The zero-order valence-corrected chi connectivity index (χ0v) is 13.6. The van der Waals surface area contributed by atoms with Crippen molar-refractivity contribution in [2.24, 2.45) is 0 Å². The van der Waals surface area contributed by atoms with Crippen LogP contribution in [0.2, 0.25) is 0 Å². The lowest BCUT2D eigenvalue weighted by molar-refractivity contribution is 0.0512. The maximum atomic E-state index is 13.8. The van der Waals surface area contributed by atoms with Gasteiger partial charge >= 0.3 is 0 Å². The molecule has 0 radical (unpaired) electrons. The van der Waals surface area contributed by atoms with E-state index in [0.29, 0.717) is 19.1 Å². The third-order valence-corrected chi connectivity index (χ3v) is 5.12. The van der Waals surface area contributed by atoms with Crippen LogP contribution in [0, 0.1) is 29.1 Å². The first-order valence-electron chi connectivity index (χ1n) is 8.46. The molecular weight excluding hydrogens is 343 g/mol. The molecule has 0 unspecified atom stereocenters. The molecule has 8 heteroatoms. The van der Waals surface area contributed by atoms with Gasteiger partial charge in [-0.05, 0) is 12.8 Å². The minimum absolute atomic E-state index is 0.203. The van der Waals surface area contributed by atoms with Gasteiger partial charge in [0.15, 0.2) is 23.3 Å². The van der Waals surface area contributed by atoms with Crippen molar-refractivity contribution in [3.63, 3.8) is 0 Å². The quantitative estimate of drug-likeness (QED) is 0.457. The third kappa shape index (κ3) is 3.36. The molecule has 2 aliphatic rings. The van der Waals surface area contributed by atoms with E-state index in [1.165, 1.54) is 6.42 Å². The van der Waals surface area contributed by atoms with E-state index in [1.54, 1.807) is 0 Å². The topological polar surface area (TPSA) is 23.6 Å². The molecule has 1 amide bonds. The summed E-state index contributed by atoms with van der Waals surface area (Å²) in [5, 5.41) is 0. The first kappa shape index (κ1) is 18.1. The molecule has 1 saturated heterocycles. The van der Waals surface area contributed by atoms with Crippen molar-refractivity contribution in [3.8, 4) is 0 Å². The molecule has 1 heterocycles. The summed E-state index contributed by atoms with van der Waals surface area (Å²) >= 11 is 0. The minimum atomic E-state index is -2.26. The summed E-state index contributed by atoms with van der Waals surface area (Å²) in [6, 6.07) is 0.445. The van der Waals surface area contributed by atoms with Gasteiger partial charge in [-0.25, -0.2) is 22.0 Å². The van der Waals surface area contributed by atoms with Gasteiger partial charge in [0.25, 0.3) is 5.91 Å². The van der Waals surface area contributed by atoms with Crippen LogP contribution in [0.15, 0.2) is 0 Å². The van der Waals surface area contributed by atoms with Crippen LogP contribution in [0.1, 0.15) is 42.5 Å². The number of benzene rings is 1. The highest BCUT2D eigenvalue weighted by atomic mass is 19.2. The summed E-state index contributed by atoms with van der Waals surface area (Å²) < 4.78 is 67.3. The Kier molecular flexibility index (Phi) is 5.27. The van der Waals surface area contributed by atoms with Crippen LogP contribution < -0.4 is 0 Å². The molecular formula is C17H19F5N2O. The lowest BCUT2D eigenvalue weighted by Gasteiger charge is -2.40. The summed E-state index contributed by atoms with van der Waals surface area (Å²) in [4.78, 5) is 15.7. The van der Waals surface area contributed by atoms with Gasteiger partial charge in [-0.3, -0.25) is 9.69 Å². The maximum Gasteiger partial charge on any atom is 0.260 e. The summed E-state index contributed by atoms with van der Waals surface area (Å²) in [5.41, 5.74) is -1.37. The Bertz CT molecular complexity index is 638. The number of piperazine rings is 1. The zero-order valence-electron chi connectivity index (χ0n) is 13.6. The Labute approximate surface area is 142 Å². The molecule has 3 rings (SSSR count). The SMILES string of the molecule is O=C(c1c(F)c(F)c(F)c(F)c1F)N1CCN(C2CCCCC2)CC1. The Morgan fingerprint density at radius 3 is 1.72 bits per heavy atom. The number of hydrogen-bond donors (Lipinski definition) is 0. The third-order valence-electron chi connectivity index (χ3n) is 5.12. The Balaban J connectivity index is 1.73. The minimum Gasteiger partial charge on any atom is -0.336 e. The fraction of sp³-hybridized carbons (Fsp3) is 0.588. The second kappa shape index (κ2) is 7.27. The van der Waals surface area contributed by atoms with Crippen molar-refractivity contribution in [2.75, 3.05) is 26.2 Å². The van der Waals surface area contributed by atoms with E-state index in [0.717, 1.165) is 30.6 Å². The van der Waals surface area contributed by atoms with E-state index in [2.05, 4.69) is 4.90 Å². The molecule has 0 bridgehead atoms. The van der Waals surface area contributed by atoms with Gasteiger partial charge in [-0.15, -0.1) is 0 Å². The molecule has 1 aromatic carbocycles. The van der Waals surface area contributed by atoms with Crippen LogP contribution in [0.3, 0.4) is 0 Å². The smallest absolute Gasteiger partial charge is 0.260 e. The lowest BCUT2D eigenvalue weighted by atomic mass is 9.94. The predicted octanol–water partition coefficient (Wildman–Crippen LogP) is 3.47. The number of carbonyl (C=O) groups is 1. The highest BCUT2D eigenvalue weighted by molar-refractivity contribution is 5.95. The second-order valence-corrected chi connectivity index (χ2v) is 6.56. The van der Waals surface area contributed by atoms with E-state index in [4.69, 9.17) is 0 Å². The summed E-state index contributed by atoms with van der Waals surface area (Å²) in [6.45, 7) is 1.47. The van der Waals surface area contributed by atoms with Crippen molar-refractivity contribution in [1.82, 2.24) is 9.80 Å². The van der Waals surface area contributed by atoms with Gasteiger partial charge in [0, 0.05) is 32.2 Å². The van der Waals surface area contributed by atoms with E-state index < -0.39 is 40.6 Å². The molecule has 0 aromatic heterocycles. The molecule has 25 heavy (non-hydrogen) atoms. The second-order valence-electron chi connectivity index (χ2n) is 6.56. The van der Waals surface area contributed by atoms with Gasteiger partial charge in [0.05, 0.1) is 0 Å². The molecule has 0 N–H and O–H groups in total. The van der Waals surface area contributed by atoms with Gasteiger partial charge in [-0.2, -0.15) is 0 Å². The number of carbonyl (C=O) groups excluding carboxylic acids is 1. The summed E-state index contributed by atoms with van der Waals surface area (Å²) in [6.07, 6.45) is 5.72. The van der Waals surface area contributed by atoms with Crippen molar-refractivity contribution in [2.45, 2.75) is 38.1 Å². The van der Waals surface area contributed by atoms with Crippen molar-refractivity contribution in [3.05, 3.63) is 34.6 Å². The van der Waals surface area contributed by atoms with Crippen LogP contribution in [0.25, 0.3) is 0 Å². The zero-order chi connectivity index (χ0) is 18.1. The number of amides is 1. The highest BCUT2D eigenvalue weighted by Gasteiger charge is 2.34. The largest absolute Gasteiger partial charge is 0.336 e. The fourth-order valence-electron chi connectivity index (χ4n) is 3.69. The number of halogens is 5. The first-order valence-corrected chi connectivity index (χ1v) is 8.46. The van der Waals surface area contributed by atoms with E-state index >= 15 is 0 Å². The Hall–Kier alpha value is -1.70. The Morgan fingerprint density at radius 2 is 1.20 bits per heavy atom. The van der Waals surface area contributed by atoms with Gasteiger partial charge in [-0.1, -0.05) is 19.3 Å². The summed E-state index contributed by atoms with van der Waals surface area (Å²) in [7, 11) is 0. The predicted molar refractivity (Wildman–Crippen MR) is 80.6 cm³/mol. The maximum absolute atomic E-state index is 13.8. The molecule has 0 atom stereocenters. The average molecular weight is 362 g/mol. The van der Waals surface area contributed by atoms with Crippen LogP contribution >= 0.6 is 0 Å².